The van der Waals surface area contributed by atoms with E-state index in [1.165, 1.54) is 12.1 Å². The average molecular weight is 236 g/mol. The number of hydrazine groups is 1. The maximum atomic E-state index is 11.5. The van der Waals surface area contributed by atoms with E-state index in [-0.39, 0.29) is 17.3 Å². The zero-order valence-corrected chi connectivity index (χ0v) is 9.05. The maximum Gasteiger partial charge on any atom is 0.295 e. The molecule has 0 saturated carbocycles. The van der Waals surface area contributed by atoms with Gasteiger partial charge in [-0.25, -0.2) is 0 Å². The van der Waals surface area contributed by atoms with Gasteiger partial charge in [-0.3, -0.25) is 20.8 Å². The highest BCUT2D eigenvalue weighted by Crippen LogP contribution is 2.30. The minimum atomic E-state index is -0.529. The van der Waals surface area contributed by atoms with Gasteiger partial charge >= 0.3 is 0 Å². The van der Waals surface area contributed by atoms with Crippen LogP contribution in [0.4, 0.5) is 17.1 Å². The fourth-order valence-electron chi connectivity index (χ4n) is 1.88. The van der Waals surface area contributed by atoms with Crippen LogP contribution in [0.1, 0.15) is 12.8 Å². The number of nitro benzene ring substituents is 1. The number of nitrogens with one attached hydrogen (secondary N) is 1. The van der Waals surface area contributed by atoms with Crippen LogP contribution in [0, 0.1) is 10.1 Å². The van der Waals surface area contributed by atoms with Gasteiger partial charge in [0.25, 0.3) is 5.69 Å². The summed E-state index contributed by atoms with van der Waals surface area (Å²) in [6, 6.07) is 4.50. The van der Waals surface area contributed by atoms with Gasteiger partial charge in [0.15, 0.2) is 0 Å². The van der Waals surface area contributed by atoms with Crippen molar-refractivity contribution in [2.45, 2.75) is 12.8 Å². The molecule has 0 unspecified atom stereocenters. The molecule has 1 fully saturated rings. The number of rotatable bonds is 3. The molecule has 1 aromatic rings. The molecule has 90 valence electrons. The lowest BCUT2D eigenvalue weighted by Crippen LogP contribution is -2.23. The van der Waals surface area contributed by atoms with E-state index in [1.54, 1.807) is 11.0 Å². The number of anilines is 2. The van der Waals surface area contributed by atoms with Gasteiger partial charge in [0, 0.05) is 19.0 Å². The Balaban J connectivity index is 2.40. The van der Waals surface area contributed by atoms with Crippen molar-refractivity contribution in [3.63, 3.8) is 0 Å². The van der Waals surface area contributed by atoms with E-state index in [2.05, 4.69) is 5.43 Å². The summed E-state index contributed by atoms with van der Waals surface area (Å²) in [5.41, 5.74) is 2.89. The molecule has 0 spiro atoms. The van der Waals surface area contributed by atoms with E-state index in [0.717, 1.165) is 6.42 Å². The first kappa shape index (κ1) is 11.3. The minimum absolute atomic E-state index is 0.00671. The second-order valence-corrected chi connectivity index (χ2v) is 3.75. The third kappa shape index (κ3) is 2.04. The predicted octanol–water partition coefficient (Wildman–Crippen LogP) is 1.01. The van der Waals surface area contributed by atoms with Crippen LogP contribution in [-0.4, -0.2) is 17.4 Å². The van der Waals surface area contributed by atoms with E-state index < -0.39 is 4.92 Å². The van der Waals surface area contributed by atoms with Gasteiger partial charge < -0.3 is 10.3 Å². The lowest BCUT2D eigenvalue weighted by atomic mass is 10.2. The first-order valence-corrected chi connectivity index (χ1v) is 5.19. The van der Waals surface area contributed by atoms with Crippen LogP contribution in [0.25, 0.3) is 0 Å². The van der Waals surface area contributed by atoms with E-state index in [0.29, 0.717) is 18.7 Å². The molecular weight excluding hydrogens is 224 g/mol. The Morgan fingerprint density at radius 3 is 2.76 bits per heavy atom. The van der Waals surface area contributed by atoms with Crippen LogP contribution < -0.4 is 16.2 Å². The zero-order chi connectivity index (χ0) is 12.4. The summed E-state index contributed by atoms with van der Waals surface area (Å²) < 4.78 is 0. The Hall–Kier alpha value is -2.15. The second kappa shape index (κ2) is 4.38. The summed E-state index contributed by atoms with van der Waals surface area (Å²) >= 11 is 0. The van der Waals surface area contributed by atoms with E-state index in [4.69, 9.17) is 5.84 Å². The molecule has 0 radical (unpaired) electrons. The SMILES string of the molecule is NNc1ccc(N2CCCC2=O)cc1[N+](=O)[O-]. The molecule has 1 aromatic carbocycles. The number of hydrogen-bond acceptors (Lipinski definition) is 5. The van der Waals surface area contributed by atoms with Crippen molar-refractivity contribution in [3.8, 4) is 0 Å². The topological polar surface area (TPSA) is 102 Å². The molecule has 0 bridgehead atoms. The van der Waals surface area contributed by atoms with Gasteiger partial charge in [-0.15, -0.1) is 0 Å². The van der Waals surface area contributed by atoms with Crippen LogP contribution in [0.5, 0.6) is 0 Å². The summed E-state index contributed by atoms with van der Waals surface area (Å²) in [7, 11) is 0. The summed E-state index contributed by atoms with van der Waals surface area (Å²) in [5.74, 6) is 5.18. The normalized spacial score (nSPS) is 15.1. The number of nitrogen functional groups attached to an aromatic ring is 1. The number of carbonyl (C=O) groups excluding carboxylic acids is 1. The van der Waals surface area contributed by atoms with Crippen LogP contribution in [-0.2, 0) is 4.79 Å². The number of nitrogens with two attached hydrogens (primary N) is 1. The molecule has 0 aliphatic carbocycles. The van der Waals surface area contributed by atoms with Gasteiger partial charge in [0.1, 0.15) is 5.69 Å². The highest BCUT2D eigenvalue weighted by atomic mass is 16.6. The zero-order valence-electron chi connectivity index (χ0n) is 9.05. The van der Waals surface area contributed by atoms with E-state index in [1.807, 2.05) is 0 Å². The van der Waals surface area contributed by atoms with Gasteiger partial charge in [0.05, 0.1) is 10.6 Å². The Morgan fingerprint density at radius 1 is 1.47 bits per heavy atom. The van der Waals surface area contributed by atoms with Crippen LogP contribution in [0.2, 0.25) is 0 Å². The largest absolute Gasteiger partial charge is 0.318 e. The van der Waals surface area contributed by atoms with Gasteiger partial charge in [-0.2, -0.15) is 0 Å². The van der Waals surface area contributed by atoms with Gasteiger partial charge in [0.2, 0.25) is 5.91 Å². The van der Waals surface area contributed by atoms with Crippen molar-refractivity contribution in [1.82, 2.24) is 0 Å². The highest BCUT2D eigenvalue weighted by molar-refractivity contribution is 5.96. The Morgan fingerprint density at radius 2 is 2.24 bits per heavy atom. The van der Waals surface area contributed by atoms with Crippen LogP contribution >= 0.6 is 0 Å². The molecule has 1 aliphatic rings. The van der Waals surface area contributed by atoms with Gasteiger partial charge in [-0.05, 0) is 18.6 Å². The predicted molar refractivity (Wildman–Crippen MR) is 62.5 cm³/mol. The first-order valence-electron chi connectivity index (χ1n) is 5.19. The van der Waals surface area contributed by atoms with Crippen LogP contribution in [0.15, 0.2) is 18.2 Å². The molecule has 1 heterocycles. The fourth-order valence-corrected chi connectivity index (χ4v) is 1.88. The lowest BCUT2D eigenvalue weighted by molar-refractivity contribution is -0.383. The monoisotopic (exact) mass is 236 g/mol. The highest BCUT2D eigenvalue weighted by Gasteiger charge is 2.24. The van der Waals surface area contributed by atoms with E-state index in [9.17, 15) is 14.9 Å². The Bertz CT molecular complexity index is 475. The van der Waals surface area contributed by atoms with Crippen LogP contribution in [0.3, 0.4) is 0 Å². The van der Waals surface area contributed by atoms with Crippen molar-refractivity contribution in [1.29, 1.82) is 0 Å². The molecular formula is C10H12N4O3. The average Bonchev–Trinajstić information content (AvgIpc) is 2.74. The Kier molecular flexibility index (Phi) is 2.92. The smallest absolute Gasteiger partial charge is 0.295 e. The van der Waals surface area contributed by atoms with E-state index >= 15 is 0 Å². The summed E-state index contributed by atoms with van der Waals surface area (Å²) in [4.78, 5) is 23.4. The number of nitro groups is 1. The summed E-state index contributed by atoms with van der Waals surface area (Å²) in [6.45, 7) is 0.603. The molecule has 17 heavy (non-hydrogen) atoms. The van der Waals surface area contributed by atoms with Gasteiger partial charge in [-0.1, -0.05) is 0 Å². The number of amides is 1. The molecule has 1 aliphatic heterocycles. The number of hydrogen-bond donors (Lipinski definition) is 2. The van der Waals surface area contributed by atoms with Crippen molar-refractivity contribution in [2.75, 3.05) is 16.9 Å². The first-order chi connectivity index (χ1) is 8.13. The lowest BCUT2D eigenvalue weighted by Gasteiger charge is -2.15. The van der Waals surface area contributed by atoms with Crippen molar-refractivity contribution >= 4 is 23.0 Å². The molecule has 1 saturated heterocycles. The molecule has 3 N–H and O–H groups in total. The third-order valence-corrected chi connectivity index (χ3v) is 2.72. The molecule has 0 aromatic heterocycles. The summed E-state index contributed by atoms with van der Waals surface area (Å²) in [5, 5.41) is 10.8. The Labute approximate surface area is 97.3 Å². The summed E-state index contributed by atoms with van der Waals surface area (Å²) in [6.07, 6.45) is 1.27. The molecule has 7 nitrogen and oxygen atoms in total. The van der Waals surface area contributed by atoms with Crippen molar-refractivity contribution in [3.05, 3.63) is 28.3 Å². The quantitative estimate of drug-likeness (QED) is 0.463. The molecule has 7 heteroatoms. The maximum absolute atomic E-state index is 11.5. The minimum Gasteiger partial charge on any atom is -0.318 e. The van der Waals surface area contributed by atoms with Crippen molar-refractivity contribution < 1.29 is 9.72 Å². The molecule has 1 amide bonds. The molecule has 0 atom stereocenters. The fraction of sp³-hybridized carbons (Fsp3) is 0.300. The second-order valence-electron chi connectivity index (χ2n) is 3.75. The number of nitrogens with zero attached hydrogens (tertiary/aromatic N) is 2. The third-order valence-electron chi connectivity index (χ3n) is 2.72. The van der Waals surface area contributed by atoms with Crippen molar-refractivity contribution in [2.24, 2.45) is 5.84 Å². The molecule has 2 rings (SSSR count). The number of benzene rings is 1. The standard InChI is InChI=1S/C10H12N4O3/c11-12-8-4-3-7(6-9(8)14(16)17)13-5-1-2-10(13)15/h3-4,6,12H,1-2,5,11H2. The number of carbonyl (C=O) groups is 1.